The fourth-order valence-electron chi connectivity index (χ4n) is 1.41. The third-order valence-electron chi connectivity index (χ3n) is 2.33. The lowest BCUT2D eigenvalue weighted by Gasteiger charge is -2.18. The van der Waals surface area contributed by atoms with Crippen molar-refractivity contribution >= 4 is 5.97 Å². The number of aromatic nitrogens is 3. The van der Waals surface area contributed by atoms with Crippen LogP contribution in [0.4, 0.5) is 0 Å². The summed E-state index contributed by atoms with van der Waals surface area (Å²) in [6.45, 7) is 6.01. The number of carbonyl (C=O) groups is 1. The number of hydrogen-bond donors (Lipinski definition) is 1. The van der Waals surface area contributed by atoms with Gasteiger partial charge in [-0.05, 0) is 20.8 Å². The van der Waals surface area contributed by atoms with Crippen LogP contribution >= 0.6 is 0 Å². The van der Waals surface area contributed by atoms with Crippen LogP contribution < -0.4 is 0 Å². The van der Waals surface area contributed by atoms with Crippen LogP contribution in [0.1, 0.15) is 31.1 Å². The van der Waals surface area contributed by atoms with Gasteiger partial charge < -0.3 is 9.63 Å². The molecule has 0 aliphatic rings. The molecule has 0 aliphatic heterocycles. The Morgan fingerprint density at radius 2 is 2.12 bits per heavy atom. The minimum Gasteiger partial charge on any atom is -0.477 e. The van der Waals surface area contributed by atoms with E-state index in [2.05, 4.69) is 10.3 Å². The molecule has 6 nitrogen and oxygen atoms in total. The van der Waals surface area contributed by atoms with Crippen molar-refractivity contribution in [2.45, 2.75) is 26.3 Å². The van der Waals surface area contributed by atoms with Crippen LogP contribution in [0.25, 0.3) is 11.3 Å². The summed E-state index contributed by atoms with van der Waals surface area (Å²) >= 11 is 0. The maximum Gasteiger partial charge on any atom is 0.341 e. The van der Waals surface area contributed by atoms with Crippen LogP contribution in [-0.2, 0) is 5.54 Å². The third-order valence-corrected chi connectivity index (χ3v) is 2.33. The molecule has 0 atom stereocenters. The van der Waals surface area contributed by atoms with Crippen molar-refractivity contribution in [3.63, 3.8) is 0 Å². The molecule has 2 aromatic rings. The van der Waals surface area contributed by atoms with Gasteiger partial charge in [-0.3, -0.25) is 4.68 Å². The van der Waals surface area contributed by atoms with Crippen molar-refractivity contribution in [3.8, 4) is 11.3 Å². The zero-order valence-corrected chi connectivity index (χ0v) is 9.84. The average Bonchev–Trinajstić information content (AvgIpc) is 2.85. The Bertz CT molecular complexity index is 548. The SMILES string of the molecule is CC(C)(C)n1cc(-c2oncc2C(=O)O)cn1. The molecule has 17 heavy (non-hydrogen) atoms. The Balaban J connectivity index is 2.44. The van der Waals surface area contributed by atoms with Crippen LogP contribution in [0, 0.1) is 0 Å². The molecule has 2 aromatic heterocycles. The molecule has 2 rings (SSSR count). The highest BCUT2D eigenvalue weighted by Crippen LogP contribution is 2.25. The smallest absolute Gasteiger partial charge is 0.341 e. The molecule has 2 heterocycles. The molecule has 0 spiro atoms. The van der Waals surface area contributed by atoms with Crippen molar-refractivity contribution in [1.82, 2.24) is 14.9 Å². The lowest BCUT2D eigenvalue weighted by Crippen LogP contribution is -2.21. The van der Waals surface area contributed by atoms with Crippen LogP contribution in [-0.4, -0.2) is 26.0 Å². The lowest BCUT2D eigenvalue weighted by molar-refractivity contribution is 0.0697. The highest BCUT2D eigenvalue weighted by molar-refractivity contribution is 5.93. The Morgan fingerprint density at radius 3 is 2.65 bits per heavy atom. The molecule has 0 saturated carbocycles. The van der Waals surface area contributed by atoms with E-state index in [1.165, 1.54) is 6.20 Å². The van der Waals surface area contributed by atoms with Crippen LogP contribution in [0.3, 0.4) is 0 Å². The quantitative estimate of drug-likeness (QED) is 0.860. The minimum atomic E-state index is -1.07. The van der Waals surface area contributed by atoms with E-state index in [1.807, 2.05) is 20.8 Å². The Labute approximate surface area is 97.8 Å². The zero-order valence-electron chi connectivity index (χ0n) is 9.84. The molecular weight excluding hydrogens is 222 g/mol. The minimum absolute atomic E-state index is 0.0402. The first-order valence-electron chi connectivity index (χ1n) is 5.13. The molecule has 0 aliphatic carbocycles. The van der Waals surface area contributed by atoms with Gasteiger partial charge in [-0.25, -0.2) is 4.79 Å². The summed E-state index contributed by atoms with van der Waals surface area (Å²) in [5.74, 6) is -0.835. The van der Waals surface area contributed by atoms with E-state index < -0.39 is 5.97 Å². The average molecular weight is 235 g/mol. The highest BCUT2D eigenvalue weighted by Gasteiger charge is 2.20. The van der Waals surface area contributed by atoms with Gasteiger partial charge in [0.1, 0.15) is 5.56 Å². The van der Waals surface area contributed by atoms with Crippen LogP contribution in [0.15, 0.2) is 23.1 Å². The largest absolute Gasteiger partial charge is 0.477 e. The fraction of sp³-hybridized carbons (Fsp3) is 0.364. The predicted molar refractivity (Wildman–Crippen MR) is 59.7 cm³/mol. The highest BCUT2D eigenvalue weighted by atomic mass is 16.5. The first-order valence-corrected chi connectivity index (χ1v) is 5.13. The molecular formula is C11H13N3O3. The van der Waals surface area contributed by atoms with Crippen LogP contribution in [0.2, 0.25) is 0 Å². The molecule has 0 saturated heterocycles. The maximum absolute atomic E-state index is 10.9. The molecule has 6 heteroatoms. The second-order valence-corrected chi connectivity index (χ2v) is 4.72. The first-order chi connectivity index (χ1) is 7.89. The second kappa shape index (κ2) is 3.73. The molecule has 0 amide bonds. The van der Waals surface area contributed by atoms with Gasteiger partial charge in [0.2, 0.25) is 0 Å². The van der Waals surface area contributed by atoms with Gasteiger partial charge in [-0.2, -0.15) is 5.10 Å². The van der Waals surface area contributed by atoms with E-state index in [4.69, 9.17) is 9.63 Å². The first kappa shape index (κ1) is 11.4. The van der Waals surface area contributed by atoms with Crippen molar-refractivity contribution in [3.05, 3.63) is 24.2 Å². The Hall–Kier alpha value is -2.11. The van der Waals surface area contributed by atoms with Gasteiger partial charge in [0.05, 0.1) is 23.5 Å². The number of nitrogens with zero attached hydrogens (tertiary/aromatic N) is 3. The summed E-state index contributed by atoms with van der Waals surface area (Å²) in [7, 11) is 0. The topological polar surface area (TPSA) is 81.2 Å². The molecule has 1 N–H and O–H groups in total. The third kappa shape index (κ3) is 2.06. The van der Waals surface area contributed by atoms with Crippen LogP contribution in [0.5, 0.6) is 0 Å². The summed E-state index contributed by atoms with van der Waals surface area (Å²) in [6, 6.07) is 0. The summed E-state index contributed by atoms with van der Waals surface area (Å²) < 4.78 is 6.70. The maximum atomic E-state index is 10.9. The molecule has 0 unspecified atom stereocenters. The summed E-state index contributed by atoms with van der Waals surface area (Å²) in [5.41, 5.74) is 0.482. The number of rotatable bonds is 2. The Morgan fingerprint density at radius 1 is 1.41 bits per heavy atom. The number of hydrogen-bond acceptors (Lipinski definition) is 4. The van der Waals surface area contributed by atoms with Gasteiger partial charge >= 0.3 is 5.97 Å². The van der Waals surface area contributed by atoms with Crippen molar-refractivity contribution < 1.29 is 14.4 Å². The summed E-state index contributed by atoms with van der Waals surface area (Å²) in [4.78, 5) is 10.9. The monoisotopic (exact) mass is 235 g/mol. The summed E-state index contributed by atoms with van der Waals surface area (Å²) in [6.07, 6.45) is 4.50. The number of carboxylic acid groups (broad SMARTS) is 1. The molecule has 0 radical (unpaired) electrons. The van der Waals surface area contributed by atoms with Gasteiger partial charge in [-0.15, -0.1) is 0 Å². The van der Waals surface area contributed by atoms with Gasteiger partial charge in [-0.1, -0.05) is 5.16 Å². The van der Waals surface area contributed by atoms with E-state index >= 15 is 0 Å². The lowest BCUT2D eigenvalue weighted by atomic mass is 10.1. The van der Waals surface area contributed by atoms with Crippen molar-refractivity contribution in [1.29, 1.82) is 0 Å². The molecule has 0 bridgehead atoms. The standard InChI is InChI=1S/C11H13N3O3/c1-11(2,3)14-6-7(4-12-14)9-8(10(15)16)5-13-17-9/h4-6H,1-3H3,(H,15,16). The zero-order chi connectivity index (χ0) is 12.6. The van der Waals surface area contributed by atoms with E-state index in [0.29, 0.717) is 5.56 Å². The molecule has 0 aromatic carbocycles. The van der Waals surface area contributed by atoms with Crippen molar-refractivity contribution in [2.24, 2.45) is 0 Å². The Kier molecular flexibility index (Phi) is 2.49. The normalized spacial score (nSPS) is 11.7. The molecule has 90 valence electrons. The van der Waals surface area contributed by atoms with Crippen molar-refractivity contribution in [2.75, 3.05) is 0 Å². The van der Waals surface area contributed by atoms with Gasteiger partial charge in [0.25, 0.3) is 0 Å². The summed E-state index contributed by atoms with van der Waals surface area (Å²) in [5, 5.41) is 16.6. The molecule has 0 fully saturated rings. The number of aromatic carboxylic acids is 1. The number of carboxylic acids is 1. The second-order valence-electron chi connectivity index (χ2n) is 4.72. The van der Waals surface area contributed by atoms with E-state index in [0.717, 1.165) is 0 Å². The van der Waals surface area contributed by atoms with E-state index in [-0.39, 0.29) is 16.9 Å². The van der Waals surface area contributed by atoms with E-state index in [1.54, 1.807) is 17.1 Å². The van der Waals surface area contributed by atoms with E-state index in [9.17, 15) is 4.79 Å². The van der Waals surface area contributed by atoms with Gasteiger partial charge in [0, 0.05) is 6.20 Å². The van der Waals surface area contributed by atoms with Gasteiger partial charge in [0.15, 0.2) is 5.76 Å². The fourth-order valence-corrected chi connectivity index (χ4v) is 1.41. The predicted octanol–water partition coefficient (Wildman–Crippen LogP) is 1.99.